The number of rotatable bonds is 3. The minimum Gasteiger partial charge on any atom is -0.872 e. The number of hydrogen-bond donors (Lipinski definition) is 1. The summed E-state index contributed by atoms with van der Waals surface area (Å²) in [5, 5.41) is 13.8. The van der Waals surface area contributed by atoms with Gasteiger partial charge in [0.2, 0.25) is 5.78 Å². The highest BCUT2D eigenvalue weighted by Crippen LogP contribution is 2.41. The number of ether oxygens (including phenoxy) is 1. The number of furan rings is 1. The summed E-state index contributed by atoms with van der Waals surface area (Å²) in [7, 11) is 0. The lowest BCUT2D eigenvalue weighted by Crippen LogP contribution is -3.12. The number of Topliss-reactive ketones (excluding diaryl/α,β-unsaturated/α-hetero) is 1. The lowest BCUT2D eigenvalue weighted by Gasteiger charge is -2.29. The quantitative estimate of drug-likeness (QED) is 0.573. The first-order valence-electron chi connectivity index (χ1n) is 10.7. The Morgan fingerprint density at radius 2 is 2.13 bits per heavy atom. The SMILES string of the molecule is Cc1cc([O-])c(C[NH+]2CCCC(C)C2)c2c1C(=O)C(=Cc1cc3cc(Br)ccc3o1)O2. The van der Waals surface area contributed by atoms with Crippen molar-refractivity contribution in [2.75, 3.05) is 13.1 Å². The van der Waals surface area contributed by atoms with E-state index < -0.39 is 0 Å². The number of aryl methyl sites for hydroxylation is 1. The summed E-state index contributed by atoms with van der Waals surface area (Å²) >= 11 is 3.46. The molecule has 2 unspecified atom stereocenters. The second kappa shape index (κ2) is 7.84. The van der Waals surface area contributed by atoms with Crippen LogP contribution in [0.4, 0.5) is 0 Å². The van der Waals surface area contributed by atoms with Crippen LogP contribution < -0.4 is 14.7 Å². The molecule has 2 aliphatic rings. The van der Waals surface area contributed by atoms with Crippen LogP contribution in [0.1, 0.15) is 47.0 Å². The highest BCUT2D eigenvalue weighted by Gasteiger charge is 2.33. The van der Waals surface area contributed by atoms with Gasteiger partial charge in [-0.25, -0.2) is 0 Å². The number of benzene rings is 2. The monoisotopic (exact) mass is 481 g/mol. The van der Waals surface area contributed by atoms with Gasteiger partial charge in [-0.3, -0.25) is 4.79 Å². The molecule has 5 rings (SSSR count). The summed E-state index contributed by atoms with van der Waals surface area (Å²) in [5.74, 6) is 1.57. The Bertz CT molecular complexity index is 1230. The number of carbonyl (C=O) groups excluding carboxylic acids is 1. The Kier molecular flexibility index (Phi) is 5.15. The average molecular weight is 482 g/mol. The molecule has 1 aromatic heterocycles. The van der Waals surface area contributed by atoms with E-state index in [1.807, 2.05) is 24.3 Å². The van der Waals surface area contributed by atoms with Crippen molar-refractivity contribution in [1.82, 2.24) is 0 Å². The Labute approximate surface area is 189 Å². The van der Waals surface area contributed by atoms with Crippen LogP contribution >= 0.6 is 15.9 Å². The zero-order valence-electron chi connectivity index (χ0n) is 17.6. The zero-order valence-corrected chi connectivity index (χ0v) is 19.2. The average Bonchev–Trinajstić information content (AvgIpc) is 3.26. The molecule has 31 heavy (non-hydrogen) atoms. The third-order valence-electron chi connectivity index (χ3n) is 6.27. The summed E-state index contributed by atoms with van der Waals surface area (Å²) in [6.45, 7) is 6.71. The van der Waals surface area contributed by atoms with Gasteiger partial charge in [-0.15, -0.1) is 0 Å². The number of ketones is 1. The van der Waals surface area contributed by atoms with Crippen molar-refractivity contribution in [3.05, 3.63) is 63.0 Å². The largest absolute Gasteiger partial charge is 0.872 e. The van der Waals surface area contributed by atoms with Crippen LogP contribution in [0.25, 0.3) is 17.0 Å². The van der Waals surface area contributed by atoms with Gasteiger partial charge in [0.15, 0.2) is 5.76 Å². The standard InChI is InChI=1S/C25H24BrNO4/c1-14-4-3-7-27(12-14)13-19-20(28)8-15(2)23-24(29)22(31-25(19)23)11-18-10-16-9-17(26)5-6-21(16)30-18/h5-6,8-11,14,28H,3-4,7,12-13H2,1-2H3. The number of hydrogen-bond acceptors (Lipinski definition) is 4. The van der Waals surface area contributed by atoms with Gasteiger partial charge in [0.25, 0.3) is 0 Å². The molecule has 0 aliphatic carbocycles. The van der Waals surface area contributed by atoms with E-state index in [0.717, 1.165) is 35.0 Å². The van der Waals surface area contributed by atoms with Crippen molar-refractivity contribution in [3.63, 3.8) is 0 Å². The van der Waals surface area contributed by atoms with Gasteiger partial charge in [0.05, 0.1) is 18.7 Å². The molecule has 0 spiro atoms. The highest BCUT2D eigenvalue weighted by molar-refractivity contribution is 9.10. The molecule has 1 fully saturated rings. The van der Waals surface area contributed by atoms with Crippen molar-refractivity contribution in [2.45, 2.75) is 33.2 Å². The van der Waals surface area contributed by atoms with Gasteiger partial charge in [0, 0.05) is 27.4 Å². The predicted molar refractivity (Wildman–Crippen MR) is 120 cm³/mol. The number of fused-ring (bicyclic) bond motifs is 2. The molecule has 0 radical (unpaired) electrons. The molecule has 0 saturated carbocycles. The van der Waals surface area contributed by atoms with Crippen molar-refractivity contribution < 1.29 is 24.0 Å². The van der Waals surface area contributed by atoms with Gasteiger partial charge in [-0.1, -0.05) is 34.7 Å². The van der Waals surface area contributed by atoms with Gasteiger partial charge >= 0.3 is 0 Å². The summed E-state index contributed by atoms with van der Waals surface area (Å²) < 4.78 is 12.8. The van der Waals surface area contributed by atoms with Crippen LogP contribution in [0.3, 0.4) is 0 Å². The lowest BCUT2D eigenvalue weighted by molar-refractivity contribution is -0.922. The van der Waals surface area contributed by atoms with Crippen LogP contribution in [0.15, 0.2) is 45.0 Å². The maximum atomic E-state index is 13.1. The summed E-state index contributed by atoms with van der Waals surface area (Å²) in [6, 6.07) is 9.19. The fourth-order valence-electron chi connectivity index (χ4n) is 4.78. The molecule has 0 bridgehead atoms. The second-order valence-electron chi connectivity index (χ2n) is 8.77. The van der Waals surface area contributed by atoms with Crippen molar-refractivity contribution >= 4 is 38.8 Å². The van der Waals surface area contributed by atoms with E-state index in [2.05, 4.69) is 22.9 Å². The maximum Gasteiger partial charge on any atom is 0.232 e. The lowest BCUT2D eigenvalue weighted by atomic mass is 9.97. The molecular formula is C25H24BrNO4. The van der Waals surface area contributed by atoms with Gasteiger partial charge in [-0.05, 0) is 49.6 Å². The number of halogens is 1. The van der Waals surface area contributed by atoms with Gasteiger partial charge < -0.3 is 19.2 Å². The van der Waals surface area contributed by atoms with E-state index in [4.69, 9.17) is 9.15 Å². The summed E-state index contributed by atoms with van der Waals surface area (Å²) in [4.78, 5) is 14.5. The number of likely N-dealkylation sites (tertiary alicyclic amines) is 1. The Morgan fingerprint density at radius 1 is 1.29 bits per heavy atom. The molecule has 0 amide bonds. The zero-order chi connectivity index (χ0) is 21.7. The van der Waals surface area contributed by atoms with Crippen LogP contribution in [-0.4, -0.2) is 18.9 Å². The first-order valence-corrected chi connectivity index (χ1v) is 11.5. The molecule has 6 heteroatoms. The molecular weight excluding hydrogens is 458 g/mol. The normalized spacial score (nSPS) is 22.2. The fourth-order valence-corrected chi connectivity index (χ4v) is 5.16. The van der Waals surface area contributed by atoms with Crippen molar-refractivity contribution in [1.29, 1.82) is 0 Å². The summed E-state index contributed by atoms with van der Waals surface area (Å²) in [5.41, 5.74) is 2.51. The molecule has 1 N–H and O–H groups in total. The van der Waals surface area contributed by atoms with Crippen molar-refractivity contribution in [3.8, 4) is 11.5 Å². The molecule has 3 aromatic rings. The van der Waals surface area contributed by atoms with Crippen LogP contribution in [0, 0.1) is 12.8 Å². The number of nitrogens with one attached hydrogen (secondary N) is 1. The first-order chi connectivity index (χ1) is 14.9. The Balaban J connectivity index is 1.50. The van der Waals surface area contributed by atoms with E-state index in [1.165, 1.54) is 11.3 Å². The van der Waals surface area contributed by atoms with E-state index in [1.54, 1.807) is 19.1 Å². The molecule has 2 aromatic carbocycles. The number of allylic oxidation sites excluding steroid dienone is 1. The molecule has 5 nitrogen and oxygen atoms in total. The minimum atomic E-state index is -0.197. The van der Waals surface area contributed by atoms with E-state index in [9.17, 15) is 9.90 Å². The van der Waals surface area contributed by atoms with Crippen molar-refractivity contribution in [2.24, 2.45) is 5.92 Å². The van der Waals surface area contributed by atoms with Gasteiger partial charge in [-0.2, -0.15) is 0 Å². The molecule has 160 valence electrons. The fraction of sp³-hybridized carbons (Fsp3) is 0.320. The molecule has 2 aliphatic heterocycles. The Hall–Kier alpha value is -2.57. The minimum absolute atomic E-state index is 0.0513. The number of carbonyl (C=O) groups is 1. The van der Waals surface area contributed by atoms with E-state index >= 15 is 0 Å². The van der Waals surface area contributed by atoms with Crippen LogP contribution in [0.2, 0.25) is 0 Å². The number of quaternary nitrogens is 1. The first kappa shape index (κ1) is 20.3. The van der Waals surface area contributed by atoms with E-state index in [0.29, 0.717) is 40.7 Å². The smallest absolute Gasteiger partial charge is 0.232 e. The second-order valence-corrected chi connectivity index (χ2v) is 9.69. The van der Waals surface area contributed by atoms with E-state index in [-0.39, 0.29) is 17.3 Å². The van der Waals surface area contributed by atoms with Crippen LogP contribution in [0.5, 0.6) is 11.5 Å². The highest BCUT2D eigenvalue weighted by atomic mass is 79.9. The predicted octanol–water partition coefficient (Wildman–Crippen LogP) is 4.01. The Morgan fingerprint density at radius 3 is 2.94 bits per heavy atom. The maximum absolute atomic E-state index is 13.1. The molecule has 2 atom stereocenters. The third-order valence-corrected chi connectivity index (χ3v) is 6.76. The summed E-state index contributed by atoms with van der Waals surface area (Å²) in [6.07, 6.45) is 4.02. The number of piperidine rings is 1. The molecule has 1 saturated heterocycles. The topological polar surface area (TPSA) is 66.9 Å². The third kappa shape index (κ3) is 3.79. The molecule has 3 heterocycles. The van der Waals surface area contributed by atoms with Gasteiger partial charge in [0.1, 0.15) is 23.6 Å². The van der Waals surface area contributed by atoms with Crippen LogP contribution in [-0.2, 0) is 6.54 Å².